The molecule has 0 radical (unpaired) electrons. The zero-order valence-corrected chi connectivity index (χ0v) is 31.7. The van der Waals surface area contributed by atoms with Gasteiger partial charge in [-0.15, -0.1) is 0 Å². The highest BCUT2D eigenvalue weighted by Crippen LogP contribution is 2.15. The highest BCUT2D eigenvalue weighted by molar-refractivity contribution is 5.71. The quantitative estimate of drug-likeness (QED) is 0.0376. The molecular formula is C41H78O6. The Kier molecular flexibility index (Phi) is 34.5. The Hall–Kier alpha value is -1.59. The molecule has 278 valence electrons. The maximum absolute atomic E-state index is 12.6. The van der Waals surface area contributed by atoms with Crippen LogP contribution in [-0.4, -0.2) is 37.2 Å². The predicted octanol–water partition coefficient (Wildman–Crippen LogP) is 12.4. The number of unbranched alkanes of at least 4 members (excludes halogenated alkanes) is 23. The molecule has 0 heterocycles. The summed E-state index contributed by atoms with van der Waals surface area (Å²) in [6, 6.07) is 0. The van der Waals surface area contributed by atoms with E-state index in [-0.39, 0.29) is 31.1 Å². The van der Waals surface area contributed by atoms with E-state index >= 15 is 0 Å². The van der Waals surface area contributed by atoms with E-state index in [0.717, 1.165) is 70.1 Å². The summed E-state index contributed by atoms with van der Waals surface area (Å²) >= 11 is 0. The van der Waals surface area contributed by atoms with Crippen molar-refractivity contribution < 1.29 is 28.6 Å². The summed E-state index contributed by atoms with van der Waals surface area (Å²) in [4.78, 5) is 37.3. The summed E-state index contributed by atoms with van der Waals surface area (Å²) in [6.45, 7) is 8.87. The van der Waals surface area contributed by atoms with Crippen molar-refractivity contribution in [1.29, 1.82) is 0 Å². The largest absolute Gasteiger partial charge is 0.462 e. The first-order chi connectivity index (χ1) is 22.9. The minimum Gasteiger partial charge on any atom is -0.462 e. The van der Waals surface area contributed by atoms with Crippen molar-refractivity contribution in [3.8, 4) is 0 Å². The van der Waals surface area contributed by atoms with Gasteiger partial charge in [0.25, 0.3) is 0 Å². The van der Waals surface area contributed by atoms with Crippen molar-refractivity contribution in [1.82, 2.24) is 0 Å². The summed E-state index contributed by atoms with van der Waals surface area (Å²) in [5.41, 5.74) is 0. The number of carbonyl (C=O) groups excluding carboxylic acids is 3. The van der Waals surface area contributed by atoms with Gasteiger partial charge in [0.15, 0.2) is 6.10 Å². The summed E-state index contributed by atoms with van der Waals surface area (Å²) in [7, 11) is 0. The average Bonchev–Trinajstić information content (AvgIpc) is 3.05. The van der Waals surface area contributed by atoms with E-state index in [1.54, 1.807) is 0 Å². The molecule has 47 heavy (non-hydrogen) atoms. The molecule has 0 aliphatic heterocycles. The lowest BCUT2D eigenvalue weighted by molar-refractivity contribution is -0.167. The number of esters is 3. The molecule has 0 aliphatic carbocycles. The van der Waals surface area contributed by atoms with Crippen LogP contribution < -0.4 is 0 Å². The number of carbonyl (C=O) groups is 3. The number of ether oxygens (including phenoxy) is 3. The van der Waals surface area contributed by atoms with Crippen LogP contribution in [0.2, 0.25) is 0 Å². The van der Waals surface area contributed by atoms with Gasteiger partial charge in [-0.3, -0.25) is 14.4 Å². The maximum atomic E-state index is 12.6. The maximum Gasteiger partial charge on any atom is 0.306 e. The van der Waals surface area contributed by atoms with Gasteiger partial charge in [-0.25, -0.2) is 0 Å². The third kappa shape index (κ3) is 35.5. The molecule has 0 spiro atoms. The molecule has 0 saturated carbocycles. The SMILES string of the molecule is CCCCCCCCCCCCCCC(=O)O[C@H](COC(=O)CCCCCCC)COC(=O)CCCCCCCCCCCC(C)C. The Morgan fingerprint density at radius 1 is 0.404 bits per heavy atom. The molecule has 0 rings (SSSR count). The first-order valence-corrected chi connectivity index (χ1v) is 20.4. The van der Waals surface area contributed by atoms with E-state index in [4.69, 9.17) is 14.2 Å². The normalized spacial score (nSPS) is 11.9. The Balaban J connectivity index is 4.25. The second kappa shape index (κ2) is 35.7. The van der Waals surface area contributed by atoms with Crippen molar-refractivity contribution in [2.75, 3.05) is 13.2 Å². The van der Waals surface area contributed by atoms with Gasteiger partial charge in [0.05, 0.1) is 0 Å². The van der Waals surface area contributed by atoms with E-state index in [0.29, 0.717) is 19.3 Å². The molecule has 0 aromatic carbocycles. The Morgan fingerprint density at radius 2 is 0.702 bits per heavy atom. The Labute approximate surface area is 291 Å². The average molecular weight is 667 g/mol. The highest BCUT2D eigenvalue weighted by atomic mass is 16.6. The lowest BCUT2D eigenvalue weighted by Crippen LogP contribution is -2.30. The van der Waals surface area contributed by atoms with Gasteiger partial charge in [0.1, 0.15) is 13.2 Å². The topological polar surface area (TPSA) is 78.9 Å². The van der Waals surface area contributed by atoms with Crippen LogP contribution in [0.3, 0.4) is 0 Å². The monoisotopic (exact) mass is 667 g/mol. The fourth-order valence-corrected chi connectivity index (χ4v) is 5.92. The van der Waals surface area contributed by atoms with E-state index in [1.807, 2.05) is 0 Å². The zero-order chi connectivity index (χ0) is 34.6. The van der Waals surface area contributed by atoms with Crippen molar-refractivity contribution in [2.45, 2.75) is 226 Å². The van der Waals surface area contributed by atoms with Gasteiger partial charge < -0.3 is 14.2 Å². The van der Waals surface area contributed by atoms with Crippen molar-refractivity contribution in [3.63, 3.8) is 0 Å². The molecule has 6 heteroatoms. The Bertz CT molecular complexity index is 706. The zero-order valence-electron chi connectivity index (χ0n) is 31.7. The minimum absolute atomic E-state index is 0.0659. The predicted molar refractivity (Wildman–Crippen MR) is 196 cm³/mol. The third-order valence-electron chi connectivity index (χ3n) is 9.04. The number of rotatable bonds is 36. The molecule has 0 fully saturated rings. The van der Waals surface area contributed by atoms with E-state index in [9.17, 15) is 14.4 Å². The van der Waals surface area contributed by atoms with E-state index in [2.05, 4.69) is 27.7 Å². The first kappa shape index (κ1) is 45.4. The van der Waals surface area contributed by atoms with Gasteiger partial charge >= 0.3 is 17.9 Å². The summed E-state index contributed by atoms with van der Waals surface area (Å²) in [5.74, 6) is -0.0672. The minimum atomic E-state index is -0.756. The van der Waals surface area contributed by atoms with E-state index in [1.165, 1.54) is 109 Å². The van der Waals surface area contributed by atoms with Crippen LogP contribution >= 0.6 is 0 Å². The van der Waals surface area contributed by atoms with Crippen LogP contribution in [0.4, 0.5) is 0 Å². The molecular weight excluding hydrogens is 588 g/mol. The second-order valence-corrected chi connectivity index (χ2v) is 14.4. The van der Waals surface area contributed by atoms with Gasteiger partial charge in [0, 0.05) is 19.3 Å². The van der Waals surface area contributed by atoms with Crippen molar-refractivity contribution in [3.05, 3.63) is 0 Å². The lowest BCUT2D eigenvalue weighted by Gasteiger charge is -2.18. The first-order valence-electron chi connectivity index (χ1n) is 20.4. The number of hydrogen-bond acceptors (Lipinski definition) is 6. The summed E-state index contributed by atoms with van der Waals surface area (Å²) < 4.78 is 16.5. The lowest BCUT2D eigenvalue weighted by atomic mass is 10.0. The molecule has 0 N–H and O–H groups in total. The standard InChI is InChI=1S/C41H78O6/c1-5-7-9-11-12-13-14-15-18-22-26-30-34-41(44)47-38(35-45-39(42)32-28-23-10-8-6-2)36-46-40(43)33-29-25-21-19-16-17-20-24-27-31-37(3)4/h37-38H,5-36H2,1-4H3/t38-/m1/s1. The fraction of sp³-hybridized carbons (Fsp3) is 0.927. The smallest absolute Gasteiger partial charge is 0.306 e. The number of hydrogen-bond donors (Lipinski definition) is 0. The second-order valence-electron chi connectivity index (χ2n) is 14.4. The third-order valence-corrected chi connectivity index (χ3v) is 9.04. The van der Waals surface area contributed by atoms with Crippen LogP contribution in [0.15, 0.2) is 0 Å². The molecule has 0 aromatic heterocycles. The molecule has 0 saturated heterocycles. The molecule has 0 bridgehead atoms. The van der Waals surface area contributed by atoms with Crippen LogP contribution in [0.5, 0.6) is 0 Å². The summed E-state index contributed by atoms with van der Waals surface area (Å²) in [5, 5.41) is 0. The highest BCUT2D eigenvalue weighted by Gasteiger charge is 2.19. The molecule has 1 atom stereocenters. The summed E-state index contributed by atoms with van der Waals surface area (Å²) in [6.07, 6.45) is 32.6. The van der Waals surface area contributed by atoms with Crippen LogP contribution in [0.25, 0.3) is 0 Å². The van der Waals surface area contributed by atoms with Gasteiger partial charge in [-0.2, -0.15) is 0 Å². The molecule has 6 nitrogen and oxygen atoms in total. The van der Waals surface area contributed by atoms with Gasteiger partial charge in [-0.1, -0.05) is 182 Å². The van der Waals surface area contributed by atoms with Crippen molar-refractivity contribution >= 4 is 17.9 Å². The molecule has 0 aromatic rings. The van der Waals surface area contributed by atoms with E-state index < -0.39 is 6.10 Å². The van der Waals surface area contributed by atoms with Crippen LogP contribution in [0, 0.1) is 5.92 Å². The van der Waals surface area contributed by atoms with Gasteiger partial charge in [-0.05, 0) is 25.2 Å². The molecule has 0 unspecified atom stereocenters. The Morgan fingerprint density at radius 3 is 1.04 bits per heavy atom. The van der Waals surface area contributed by atoms with Crippen molar-refractivity contribution in [2.24, 2.45) is 5.92 Å². The fourth-order valence-electron chi connectivity index (χ4n) is 5.92. The van der Waals surface area contributed by atoms with Gasteiger partial charge in [0.2, 0.25) is 0 Å². The molecule has 0 amide bonds. The van der Waals surface area contributed by atoms with Crippen LogP contribution in [-0.2, 0) is 28.6 Å². The molecule has 0 aliphatic rings. The van der Waals surface area contributed by atoms with Crippen LogP contribution in [0.1, 0.15) is 220 Å².